The Morgan fingerprint density at radius 2 is 2.29 bits per heavy atom. The van der Waals surface area contributed by atoms with E-state index in [4.69, 9.17) is 0 Å². The van der Waals surface area contributed by atoms with Crippen LogP contribution in [0.2, 0.25) is 0 Å². The smallest absolute Gasteiger partial charge is 0.0941 e. The topological polar surface area (TPSA) is 50.1 Å². The highest BCUT2D eigenvalue weighted by molar-refractivity contribution is 7.99. The van der Waals surface area contributed by atoms with Crippen LogP contribution in [0.3, 0.4) is 0 Å². The molecule has 0 bridgehead atoms. The Bertz CT molecular complexity index is 361. The van der Waals surface area contributed by atoms with Gasteiger partial charge in [-0.15, -0.1) is 11.8 Å². The molecule has 0 aliphatic heterocycles. The third-order valence-corrected chi connectivity index (χ3v) is 4.16. The summed E-state index contributed by atoms with van der Waals surface area (Å²) >= 11 is 1.80. The van der Waals surface area contributed by atoms with Gasteiger partial charge in [-0.1, -0.05) is 6.92 Å². The predicted octanol–water partition coefficient (Wildman–Crippen LogP) is 1.57. The van der Waals surface area contributed by atoms with Gasteiger partial charge < -0.3 is 10.4 Å². The number of aromatic nitrogens is 2. The summed E-state index contributed by atoms with van der Waals surface area (Å²) in [7, 11) is 3.85. The van der Waals surface area contributed by atoms with Crippen molar-refractivity contribution in [2.24, 2.45) is 7.05 Å². The molecule has 0 aliphatic rings. The maximum atomic E-state index is 9.37. The van der Waals surface area contributed by atoms with E-state index in [0.717, 1.165) is 12.1 Å². The van der Waals surface area contributed by atoms with Crippen molar-refractivity contribution in [3.63, 3.8) is 0 Å². The molecule has 1 rings (SSSR count). The van der Waals surface area contributed by atoms with Crippen LogP contribution in [0.15, 0.2) is 11.1 Å². The standard InChI is InChI=1S/C12H23N3OS/c1-9-6-11(15(5)14-9)17-10(2)7-12(3,8-16)13-4/h6,10,13,16H,7-8H2,1-5H3. The molecule has 0 radical (unpaired) electrons. The van der Waals surface area contributed by atoms with Crippen molar-refractivity contribution in [1.29, 1.82) is 0 Å². The zero-order valence-corrected chi connectivity index (χ0v) is 12.1. The number of aliphatic hydroxyl groups excluding tert-OH is 1. The van der Waals surface area contributed by atoms with Crippen molar-refractivity contribution in [2.75, 3.05) is 13.7 Å². The number of hydrogen-bond acceptors (Lipinski definition) is 4. The van der Waals surface area contributed by atoms with E-state index < -0.39 is 0 Å². The van der Waals surface area contributed by atoms with E-state index in [-0.39, 0.29) is 12.1 Å². The molecule has 0 saturated carbocycles. The Morgan fingerprint density at radius 1 is 1.65 bits per heavy atom. The summed E-state index contributed by atoms with van der Waals surface area (Å²) in [5.74, 6) is 0. The average Bonchev–Trinajstić information content (AvgIpc) is 2.57. The second-order valence-electron chi connectivity index (χ2n) is 4.85. The molecule has 1 aromatic heterocycles. The van der Waals surface area contributed by atoms with Gasteiger partial charge in [-0.2, -0.15) is 5.10 Å². The maximum absolute atomic E-state index is 9.37. The van der Waals surface area contributed by atoms with E-state index in [1.54, 1.807) is 11.8 Å². The van der Waals surface area contributed by atoms with Crippen molar-refractivity contribution >= 4 is 11.8 Å². The van der Waals surface area contributed by atoms with Gasteiger partial charge in [0.2, 0.25) is 0 Å². The van der Waals surface area contributed by atoms with Gasteiger partial charge in [0, 0.05) is 17.8 Å². The fourth-order valence-electron chi connectivity index (χ4n) is 1.83. The summed E-state index contributed by atoms with van der Waals surface area (Å²) in [5, 5.41) is 18.5. The molecular weight excluding hydrogens is 234 g/mol. The Hall–Kier alpha value is -0.520. The zero-order chi connectivity index (χ0) is 13.1. The Morgan fingerprint density at radius 3 is 2.71 bits per heavy atom. The number of likely N-dealkylation sites (N-methyl/N-ethyl adjacent to an activating group) is 1. The molecule has 0 aromatic carbocycles. The Balaban J connectivity index is 2.61. The van der Waals surface area contributed by atoms with Gasteiger partial charge >= 0.3 is 0 Å². The van der Waals surface area contributed by atoms with E-state index in [0.29, 0.717) is 5.25 Å². The number of hydrogen-bond donors (Lipinski definition) is 2. The fourth-order valence-corrected chi connectivity index (χ4v) is 3.12. The van der Waals surface area contributed by atoms with E-state index in [1.807, 2.05) is 32.6 Å². The van der Waals surface area contributed by atoms with Gasteiger partial charge in [-0.05, 0) is 33.4 Å². The van der Waals surface area contributed by atoms with Crippen LogP contribution >= 0.6 is 11.8 Å². The molecule has 2 atom stereocenters. The van der Waals surface area contributed by atoms with E-state index in [1.165, 1.54) is 5.03 Å². The van der Waals surface area contributed by atoms with Crippen molar-refractivity contribution in [3.05, 3.63) is 11.8 Å². The molecule has 1 aromatic rings. The van der Waals surface area contributed by atoms with Crippen molar-refractivity contribution in [2.45, 2.75) is 43.0 Å². The first-order chi connectivity index (χ1) is 7.90. The van der Waals surface area contributed by atoms with Crippen LogP contribution in [-0.2, 0) is 7.05 Å². The molecule has 2 N–H and O–H groups in total. The minimum atomic E-state index is -0.208. The summed E-state index contributed by atoms with van der Waals surface area (Å²) < 4.78 is 1.91. The number of nitrogens with one attached hydrogen (secondary N) is 1. The summed E-state index contributed by atoms with van der Waals surface area (Å²) in [6.45, 7) is 6.37. The quantitative estimate of drug-likeness (QED) is 0.760. The van der Waals surface area contributed by atoms with Gasteiger partial charge in [-0.25, -0.2) is 0 Å². The largest absolute Gasteiger partial charge is 0.394 e. The number of aliphatic hydroxyl groups is 1. The van der Waals surface area contributed by atoms with Crippen LogP contribution in [0.5, 0.6) is 0 Å². The predicted molar refractivity (Wildman–Crippen MR) is 72.4 cm³/mol. The lowest BCUT2D eigenvalue weighted by Crippen LogP contribution is -2.45. The molecule has 4 nitrogen and oxygen atoms in total. The summed E-state index contributed by atoms with van der Waals surface area (Å²) in [6, 6.07) is 2.09. The highest BCUT2D eigenvalue weighted by Crippen LogP contribution is 2.28. The summed E-state index contributed by atoms with van der Waals surface area (Å²) in [4.78, 5) is 0. The Kier molecular flexibility index (Phi) is 5.04. The van der Waals surface area contributed by atoms with Crippen molar-refractivity contribution in [1.82, 2.24) is 15.1 Å². The molecule has 0 fully saturated rings. The van der Waals surface area contributed by atoms with Gasteiger partial charge in [-0.3, -0.25) is 4.68 Å². The summed E-state index contributed by atoms with van der Waals surface area (Å²) in [6.07, 6.45) is 0.912. The first-order valence-electron chi connectivity index (χ1n) is 5.87. The molecule has 0 saturated heterocycles. The van der Waals surface area contributed by atoms with E-state index >= 15 is 0 Å². The molecule has 0 amide bonds. The molecule has 98 valence electrons. The second-order valence-corrected chi connectivity index (χ2v) is 6.31. The van der Waals surface area contributed by atoms with Crippen LogP contribution in [0.4, 0.5) is 0 Å². The number of aryl methyl sites for hydroxylation is 2. The first-order valence-corrected chi connectivity index (χ1v) is 6.75. The molecule has 5 heteroatoms. The number of rotatable bonds is 6. The second kappa shape index (κ2) is 5.89. The third kappa shape index (κ3) is 4.01. The molecular formula is C12H23N3OS. The lowest BCUT2D eigenvalue weighted by molar-refractivity contribution is 0.174. The van der Waals surface area contributed by atoms with Crippen LogP contribution in [0, 0.1) is 6.92 Å². The molecule has 17 heavy (non-hydrogen) atoms. The van der Waals surface area contributed by atoms with Gasteiger partial charge in [0.15, 0.2) is 0 Å². The normalized spacial score (nSPS) is 16.8. The highest BCUT2D eigenvalue weighted by Gasteiger charge is 2.24. The lowest BCUT2D eigenvalue weighted by atomic mass is 9.98. The molecule has 1 heterocycles. The monoisotopic (exact) mass is 257 g/mol. The third-order valence-electron chi connectivity index (χ3n) is 2.97. The number of nitrogens with zero attached hydrogens (tertiary/aromatic N) is 2. The first kappa shape index (κ1) is 14.5. The Labute approximate surface area is 108 Å². The van der Waals surface area contributed by atoms with Crippen LogP contribution in [0.1, 0.15) is 26.0 Å². The molecule has 0 spiro atoms. The van der Waals surface area contributed by atoms with Crippen molar-refractivity contribution in [3.8, 4) is 0 Å². The molecule has 2 unspecified atom stereocenters. The van der Waals surface area contributed by atoms with Crippen molar-refractivity contribution < 1.29 is 5.11 Å². The zero-order valence-electron chi connectivity index (χ0n) is 11.3. The van der Waals surface area contributed by atoms with Crippen LogP contribution < -0.4 is 5.32 Å². The van der Waals surface area contributed by atoms with Crippen LogP contribution in [0.25, 0.3) is 0 Å². The van der Waals surface area contributed by atoms with Gasteiger partial charge in [0.25, 0.3) is 0 Å². The van der Waals surface area contributed by atoms with E-state index in [9.17, 15) is 5.11 Å². The minimum absolute atomic E-state index is 0.152. The van der Waals surface area contributed by atoms with Gasteiger partial charge in [0.05, 0.1) is 17.3 Å². The van der Waals surface area contributed by atoms with E-state index in [2.05, 4.69) is 23.4 Å². The lowest BCUT2D eigenvalue weighted by Gasteiger charge is -2.29. The minimum Gasteiger partial charge on any atom is -0.394 e. The van der Waals surface area contributed by atoms with Crippen LogP contribution in [-0.4, -0.2) is 39.3 Å². The maximum Gasteiger partial charge on any atom is 0.0941 e. The number of thioether (sulfide) groups is 1. The fraction of sp³-hybridized carbons (Fsp3) is 0.750. The molecule has 0 aliphatic carbocycles. The summed E-state index contributed by atoms with van der Waals surface area (Å²) in [5.41, 5.74) is 0.834. The SMILES string of the molecule is CNC(C)(CO)CC(C)Sc1cc(C)nn1C. The van der Waals surface area contributed by atoms with Gasteiger partial charge in [0.1, 0.15) is 0 Å². The average molecular weight is 257 g/mol. The highest BCUT2D eigenvalue weighted by atomic mass is 32.2.